The number of nitrogens with zero attached hydrogens (tertiary/aromatic N) is 2. The molecule has 1 atom stereocenters. The Balaban J connectivity index is 2.84. The van der Waals surface area contributed by atoms with Gasteiger partial charge in [0, 0.05) is 6.20 Å². The second-order valence-corrected chi connectivity index (χ2v) is 4.11. The maximum absolute atomic E-state index is 11.7. The molecule has 1 rings (SSSR count). The molecule has 0 aromatic carbocycles. The van der Waals surface area contributed by atoms with Crippen molar-refractivity contribution in [1.29, 1.82) is 0 Å². The lowest BCUT2D eigenvalue weighted by Crippen LogP contribution is -2.21. The second-order valence-electron chi connectivity index (χ2n) is 4.11. The van der Waals surface area contributed by atoms with Crippen LogP contribution in [0.5, 0.6) is 0 Å². The van der Waals surface area contributed by atoms with Gasteiger partial charge in [-0.25, -0.2) is 9.59 Å². The Morgan fingerprint density at radius 3 is 2.74 bits per heavy atom. The summed E-state index contributed by atoms with van der Waals surface area (Å²) in [5.41, 5.74) is 0.340. The molecular formula is C13H20N2O4. The zero-order chi connectivity index (χ0) is 14.3. The van der Waals surface area contributed by atoms with Gasteiger partial charge in [-0.2, -0.15) is 5.10 Å². The van der Waals surface area contributed by atoms with Crippen molar-refractivity contribution < 1.29 is 19.1 Å². The van der Waals surface area contributed by atoms with Gasteiger partial charge < -0.3 is 9.47 Å². The van der Waals surface area contributed by atoms with Crippen LogP contribution in [0, 0.1) is 0 Å². The third-order valence-electron chi connectivity index (χ3n) is 2.74. The molecule has 0 aliphatic heterocycles. The van der Waals surface area contributed by atoms with Crippen molar-refractivity contribution in [3.63, 3.8) is 0 Å². The number of hydrogen-bond acceptors (Lipinski definition) is 5. The van der Waals surface area contributed by atoms with Crippen LogP contribution in [0.1, 0.15) is 49.5 Å². The Morgan fingerprint density at radius 1 is 1.42 bits per heavy atom. The van der Waals surface area contributed by atoms with Crippen molar-refractivity contribution >= 4 is 11.9 Å². The van der Waals surface area contributed by atoms with Crippen LogP contribution in [0.25, 0.3) is 0 Å². The summed E-state index contributed by atoms with van der Waals surface area (Å²) in [4.78, 5) is 23.3. The molecule has 1 aromatic heterocycles. The molecule has 0 aliphatic carbocycles. The summed E-state index contributed by atoms with van der Waals surface area (Å²) in [5.74, 6) is -0.792. The van der Waals surface area contributed by atoms with Gasteiger partial charge in [0.05, 0.1) is 25.5 Å². The van der Waals surface area contributed by atoms with Gasteiger partial charge in [-0.05, 0) is 13.3 Å². The Morgan fingerprint density at radius 2 is 2.16 bits per heavy atom. The molecule has 0 N–H and O–H groups in total. The van der Waals surface area contributed by atoms with Crippen LogP contribution in [0.2, 0.25) is 0 Å². The van der Waals surface area contributed by atoms with E-state index in [4.69, 9.17) is 9.47 Å². The van der Waals surface area contributed by atoms with Crippen molar-refractivity contribution in [3.05, 3.63) is 18.0 Å². The number of carbonyl (C=O) groups is 2. The molecule has 19 heavy (non-hydrogen) atoms. The molecule has 0 saturated heterocycles. The summed E-state index contributed by atoms with van der Waals surface area (Å²) in [6.45, 7) is 4.09. The van der Waals surface area contributed by atoms with Gasteiger partial charge in [0.2, 0.25) is 0 Å². The van der Waals surface area contributed by atoms with Gasteiger partial charge in [0.1, 0.15) is 6.04 Å². The lowest BCUT2D eigenvalue weighted by Gasteiger charge is -2.14. The van der Waals surface area contributed by atoms with E-state index in [1.165, 1.54) is 24.2 Å². The molecule has 0 spiro atoms. The molecule has 6 nitrogen and oxygen atoms in total. The first kappa shape index (κ1) is 15.2. The van der Waals surface area contributed by atoms with Crippen LogP contribution in [-0.2, 0) is 14.3 Å². The minimum absolute atomic E-state index is 0.306. The van der Waals surface area contributed by atoms with E-state index in [0.29, 0.717) is 18.6 Å². The van der Waals surface area contributed by atoms with E-state index in [1.807, 2.05) is 6.92 Å². The smallest absolute Gasteiger partial charge is 0.341 e. The number of esters is 2. The van der Waals surface area contributed by atoms with Gasteiger partial charge in [-0.1, -0.05) is 19.8 Å². The predicted molar refractivity (Wildman–Crippen MR) is 68.8 cm³/mol. The molecule has 1 unspecified atom stereocenters. The van der Waals surface area contributed by atoms with E-state index in [0.717, 1.165) is 12.8 Å². The zero-order valence-corrected chi connectivity index (χ0v) is 11.6. The number of carbonyl (C=O) groups excluding carboxylic acids is 2. The third-order valence-corrected chi connectivity index (χ3v) is 2.74. The molecule has 0 saturated carbocycles. The highest BCUT2D eigenvalue weighted by molar-refractivity contribution is 5.88. The van der Waals surface area contributed by atoms with Crippen LogP contribution in [0.15, 0.2) is 12.4 Å². The topological polar surface area (TPSA) is 70.4 Å². The monoisotopic (exact) mass is 268 g/mol. The van der Waals surface area contributed by atoms with E-state index < -0.39 is 12.0 Å². The molecule has 0 fully saturated rings. The van der Waals surface area contributed by atoms with Gasteiger partial charge in [0.25, 0.3) is 0 Å². The van der Waals surface area contributed by atoms with Crippen LogP contribution >= 0.6 is 0 Å². The third kappa shape index (κ3) is 4.08. The van der Waals surface area contributed by atoms with E-state index in [2.05, 4.69) is 5.10 Å². The highest BCUT2D eigenvalue weighted by atomic mass is 16.5. The fraction of sp³-hybridized carbons (Fsp3) is 0.615. The predicted octanol–water partition coefficient (Wildman–Crippen LogP) is 1.96. The van der Waals surface area contributed by atoms with E-state index in [-0.39, 0.29) is 5.97 Å². The number of unbranched alkanes of at least 4 members (excludes halogenated alkanes) is 1. The Labute approximate surface area is 112 Å². The summed E-state index contributed by atoms with van der Waals surface area (Å²) < 4.78 is 11.1. The molecular weight excluding hydrogens is 248 g/mol. The van der Waals surface area contributed by atoms with Crippen molar-refractivity contribution in [2.24, 2.45) is 0 Å². The molecule has 0 radical (unpaired) electrons. The van der Waals surface area contributed by atoms with Gasteiger partial charge >= 0.3 is 11.9 Å². The fourth-order valence-electron chi connectivity index (χ4n) is 1.72. The molecule has 1 aromatic rings. The lowest BCUT2D eigenvalue weighted by molar-refractivity contribution is -0.145. The number of hydrogen-bond donors (Lipinski definition) is 0. The summed E-state index contributed by atoms with van der Waals surface area (Å²) in [5, 5.41) is 4.06. The number of ether oxygens (including phenoxy) is 2. The highest BCUT2D eigenvalue weighted by Crippen LogP contribution is 2.17. The van der Waals surface area contributed by atoms with Gasteiger partial charge in [0.15, 0.2) is 0 Å². The molecule has 0 aliphatic rings. The Bertz CT molecular complexity index is 428. The van der Waals surface area contributed by atoms with Crippen LogP contribution in [0.4, 0.5) is 0 Å². The van der Waals surface area contributed by atoms with Crippen LogP contribution in [0.3, 0.4) is 0 Å². The summed E-state index contributed by atoms with van der Waals surface area (Å²) >= 11 is 0. The largest absolute Gasteiger partial charge is 0.467 e. The van der Waals surface area contributed by atoms with Crippen LogP contribution in [-0.4, -0.2) is 35.4 Å². The van der Waals surface area contributed by atoms with Crippen LogP contribution < -0.4 is 0 Å². The minimum atomic E-state index is -0.492. The average molecular weight is 268 g/mol. The molecule has 1 heterocycles. The lowest BCUT2D eigenvalue weighted by atomic mass is 10.1. The zero-order valence-electron chi connectivity index (χ0n) is 11.6. The maximum Gasteiger partial charge on any atom is 0.341 e. The van der Waals surface area contributed by atoms with E-state index in [1.54, 1.807) is 6.92 Å². The van der Waals surface area contributed by atoms with Crippen molar-refractivity contribution in [1.82, 2.24) is 9.78 Å². The molecule has 6 heteroatoms. The maximum atomic E-state index is 11.7. The van der Waals surface area contributed by atoms with Crippen molar-refractivity contribution in [3.8, 4) is 0 Å². The summed E-state index contributed by atoms with van der Waals surface area (Å²) in [7, 11) is 1.34. The number of aromatic nitrogens is 2. The molecule has 106 valence electrons. The van der Waals surface area contributed by atoms with Crippen molar-refractivity contribution in [2.75, 3.05) is 13.7 Å². The SMILES string of the molecule is CCCCC(C(=O)OC)n1cc(C(=O)OCC)cn1. The first-order chi connectivity index (χ1) is 9.13. The van der Waals surface area contributed by atoms with E-state index >= 15 is 0 Å². The highest BCUT2D eigenvalue weighted by Gasteiger charge is 2.22. The Hall–Kier alpha value is -1.85. The standard InChI is InChI=1S/C13H20N2O4/c1-4-6-7-11(13(17)18-3)15-9-10(8-14-15)12(16)19-5-2/h8-9,11H,4-7H2,1-3H3. The number of methoxy groups -OCH3 is 1. The summed E-state index contributed by atoms with van der Waals surface area (Å²) in [6, 6.07) is -0.492. The molecule has 0 amide bonds. The van der Waals surface area contributed by atoms with E-state index in [9.17, 15) is 9.59 Å². The second kappa shape index (κ2) is 7.56. The van der Waals surface area contributed by atoms with Gasteiger partial charge in [-0.3, -0.25) is 4.68 Å². The average Bonchev–Trinajstić information content (AvgIpc) is 2.88. The minimum Gasteiger partial charge on any atom is -0.467 e. The first-order valence-corrected chi connectivity index (χ1v) is 6.43. The van der Waals surface area contributed by atoms with Gasteiger partial charge in [-0.15, -0.1) is 0 Å². The normalized spacial score (nSPS) is 11.9. The summed E-state index contributed by atoms with van der Waals surface area (Å²) in [6.07, 6.45) is 5.41. The fourth-order valence-corrected chi connectivity index (χ4v) is 1.72. The first-order valence-electron chi connectivity index (χ1n) is 6.43. The number of rotatable bonds is 7. The molecule has 0 bridgehead atoms. The van der Waals surface area contributed by atoms with Crippen molar-refractivity contribution in [2.45, 2.75) is 39.2 Å². The Kier molecular flexibility index (Phi) is 6.05. The quantitative estimate of drug-likeness (QED) is 0.707.